The Balaban J connectivity index is 2.42. The maximum absolute atomic E-state index is 12.7. The fourth-order valence-corrected chi connectivity index (χ4v) is 2.59. The Hall–Kier alpha value is -2.03. The van der Waals surface area contributed by atoms with E-state index < -0.39 is 0 Å². The number of benzene rings is 1. The number of amides is 1. The molecule has 1 aromatic rings. The lowest BCUT2D eigenvalue weighted by atomic mass is 9.71. The highest BCUT2D eigenvalue weighted by Gasteiger charge is 2.31. The molecule has 2 atom stereocenters. The number of anilines is 1. The molecule has 0 saturated carbocycles. The molecule has 0 bridgehead atoms. The van der Waals surface area contributed by atoms with Gasteiger partial charge in [-0.15, -0.1) is 0 Å². The highest BCUT2D eigenvalue weighted by atomic mass is 16.2. The van der Waals surface area contributed by atoms with Crippen molar-refractivity contribution < 1.29 is 4.79 Å². The van der Waals surface area contributed by atoms with E-state index in [4.69, 9.17) is 7.85 Å². The normalized spacial score (nSPS) is 22.2. The van der Waals surface area contributed by atoms with Crippen LogP contribution < -0.4 is 4.90 Å². The molecule has 1 aliphatic rings. The molecule has 0 fully saturated rings. The van der Waals surface area contributed by atoms with Crippen LogP contribution in [-0.4, -0.2) is 20.3 Å². The molecule has 1 aliphatic heterocycles. The van der Waals surface area contributed by atoms with Crippen LogP contribution in [0.25, 0.3) is 0 Å². The first kappa shape index (κ1) is 15.4. The van der Waals surface area contributed by atoms with E-state index in [1.165, 1.54) is 0 Å². The summed E-state index contributed by atoms with van der Waals surface area (Å²) < 4.78 is 0. The fourth-order valence-electron chi connectivity index (χ4n) is 2.59. The molecule has 0 aliphatic carbocycles. The molecular weight excluding hydrogens is 257 g/mol. The number of allylic oxidation sites excluding steroid dienone is 3. The van der Waals surface area contributed by atoms with Crippen molar-refractivity contribution in [1.82, 2.24) is 0 Å². The Morgan fingerprint density at radius 3 is 2.81 bits per heavy atom. The summed E-state index contributed by atoms with van der Waals surface area (Å²) in [5, 5.41) is 0. The zero-order valence-corrected chi connectivity index (χ0v) is 12.6. The molecule has 0 N–H and O–H groups in total. The lowest BCUT2D eigenvalue weighted by Gasteiger charge is -2.37. The minimum absolute atomic E-state index is 0.0575. The van der Waals surface area contributed by atoms with Gasteiger partial charge in [0.1, 0.15) is 0 Å². The second kappa shape index (κ2) is 6.62. The first-order valence-electron chi connectivity index (χ1n) is 7.22. The quantitative estimate of drug-likeness (QED) is 0.467. The van der Waals surface area contributed by atoms with Crippen molar-refractivity contribution in [3.8, 4) is 0 Å². The van der Waals surface area contributed by atoms with Gasteiger partial charge in [0.15, 0.2) is 0 Å². The minimum Gasteiger partial charge on any atom is -0.309 e. The second-order valence-corrected chi connectivity index (χ2v) is 5.28. The van der Waals surface area contributed by atoms with E-state index in [9.17, 15) is 4.79 Å². The summed E-state index contributed by atoms with van der Waals surface area (Å²) in [5.41, 5.74) is 2.65. The number of rotatable bonds is 3. The summed E-state index contributed by atoms with van der Waals surface area (Å²) in [4.78, 5) is 14.5. The summed E-state index contributed by atoms with van der Waals surface area (Å²) >= 11 is 0. The molecule has 21 heavy (non-hydrogen) atoms. The maximum atomic E-state index is 12.7. The number of hydrogen-bond acceptors (Lipinski definition) is 1. The van der Waals surface area contributed by atoms with Crippen LogP contribution in [0.5, 0.6) is 0 Å². The molecule has 0 aromatic heterocycles. The smallest absolute Gasteiger partial charge is 0.258 e. The van der Waals surface area contributed by atoms with Gasteiger partial charge >= 0.3 is 0 Å². The van der Waals surface area contributed by atoms with Gasteiger partial charge < -0.3 is 4.90 Å². The van der Waals surface area contributed by atoms with Gasteiger partial charge in [-0.3, -0.25) is 4.79 Å². The first-order valence-corrected chi connectivity index (χ1v) is 7.22. The molecule has 1 heterocycles. The van der Waals surface area contributed by atoms with Gasteiger partial charge in [-0.25, -0.2) is 0 Å². The van der Waals surface area contributed by atoms with Crippen molar-refractivity contribution in [1.29, 1.82) is 0 Å². The Kier molecular flexibility index (Phi) is 4.84. The van der Waals surface area contributed by atoms with E-state index in [-0.39, 0.29) is 17.6 Å². The number of para-hydroxylation sites is 1. The third-order valence-electron chi connectivity index (χ3n) is 3.93. The van der Waals surface area contributed by atoms with Crippen LogP contribution >= 0.6 is 0 Å². The lowest BCUT2D eigenvalue weighted by Crippen LogP contribution is -2.39. The average molecular weight is 277 g/mol. The van der Waals surface area contributed by atoms with E-state index in [0.717, 1.165) is 11.3 Å². The van der Waals surface area contributed by atoms with Crippen molar-refractivity contribution in [2.45, 2.75) is 25.6 Å². The minimum atomic E-state index is -0.0587. The Morgan fingerprint density at radius 2 is 2.14 bits per heavy atom. The molecular formula is C18H20BNO. The van der Waals surface area contributed by atoms with Crippen molar-refractivity contribution >= 4 is 19.4 Å². The van der Waals surface area contributed by atoms with Crippen LogP contribution in [0.3, 0.4) is 0 Å². The van der Waals surface area contributed by atoms with Gasteiger partial charge in [-0.05, 0) is 30.5 Å². The molecule has 1 amide bonds. The molecule has 0 spiro atoms. The van der Waals surface area contributed by atoms with Gasteiger partial charge in [0.2, 0.25) is 0 Å². The SMILES string of the molecule is [B]C1CN(C(=O)/C(C=C)=C/C=C\C)c2ccccc2[C@@H]1C. The second-order valence-electron chi connectivity index (χ2n) is 5.28. The first-order chi connectivity index (χ1) is 10.1. The summed E-state index contributed by atoms with van der Waals surface area (Å²) in [6.45, 7) is 8.28. The zero-order valence-electron chi connectivity index (χ0n) is 12.6. The van der Waals surface area contributed by atoms with Crippen LogP contribution in [0.1, 0.15) is 25.3 Å². The molecule has 106 valence electrons. The maximum Gasteiger partial charge on any atom is 0.258 e. The molecule has 2 radical (unpaired) electrons. The number of fused-ring (bicyclic) bond motifs is 1. The molecule has 1 unspecified atom stereocenters. The highest BCUT2D eigenvalue weighted by Crippen LogP contribution is 2.40. The van der Waals surface area contributed by atoms with Crippen LogP contribution in [0.15, 0.2) is 60.7 Å². The average Bonchev–Trinajstić information content (AvgIpc) is 2.51. The number of hydrogen-bond donors (Lipinski definition) is 0. The summed E-state index contributed by atoms with van der Waals surface area (Å²) in [6, 6.07) is 7.96. The van der Waals surface area contributed by atoms with Crippen LogP contribution in [0.4, 0.5) is 5.69 Å². The van der Waals surface area contributed by atoms with Gasteiger partial charge in [-0.1, -0.05) is 55.7 Å². The third-order valence-corrected chi connectivity index (χ3v) is 3.93. The number of carbonyl (C=O) groups excluding carboxylic acids is 1. The standard InChI is InChI=1S/C18H20BNO/c1-4-6-9-14(5-2)18(21)20-12-16(19)13(3)15-10-7-8-11-17(15)20/h4-11,13,16H,2,12H2,1,3H3/b6-4-,14-9+/t13-,16?/m0/s1. The lowest BCUT2D eigenvalue weighted by molar-refractivity contribution is -0.114. The number of nitrogens with zero attached hydrogens (tertiary/aromatic N) is 1. The molecule has 2 rings (SSSR count). The topological polar surface area (TPSA) is 20.3 Å². The van der Waals surface area contributed by atoms with Crippen molar-refractivity contribution in [3.63, 3.8) is 0 Å². The predicted octanol–water partition coefficient (Wildman–Crippen LogP) is 3.78. The molecule has 0 saturated heterocycles. The number of carbonyl (C=O) groups is 1. The summed E-state index contributed by atoms with van der Waals surface area (Å²) in [7, 11) is 6.21. The molecule has 1 aromatic carbocycles. The van der Waals surface area contributed by atoms with Crippen LogP contribution in [-0.2, 0) is 4.79 Å². The van der Waals surface area contributed by atoms with E-state index in [1.54, 1.807) is 17.1 Å². The zero-order chi connectivity index (χ0) is 15.4. The Labute approximate surface area is 128 Å². The summed E-state index contributed by atoms with van der Waals surface area (Å²) in [5.74, 6) is 0.131. The van der Waals surface area contributed by atoms with Gasteiger partial charge in [0.05, 0.1) is 7.85 Å². The Bertz CT molecular complexity index is 603. The largest absolute Gasteiger partial charge is 0.309 e. The van der Waals surface area contributed by atoms with E-state index in [0.29, 0.717) is 12.1 Å². The van der Waals surface area contributed by atoms with Gasteiger partial charge in [0.25, 0.3) is 5.91 Å². The predicted molar refractivity (Wildman–Crippen MR) is 89.8 cm³/mol. The van der Waals surface area contributed by atoms with Gasteiger partial charge in [-0.2, -0.15) is 0 Å². The Morgan fingerprint density at radius 1 is 1.43 bits per heavy atom. The molecule has 3 heteroatoms. The third kappa shape index (κ3) is 3.02. The van der Waals surface area contributed by atoms with E-state index in [2.05, 4.69) is 13.5 Å². The highest BCUT2D eigenvalue weighted by molar-refractivity contribution is 6.15. The van der Waals surface area contributed by atoms with E-state index >= 15 is 0 Å². The fraction of sp³-hybridized carbons (Fsp3) is 0.278. The van der Waals surface area contributed by atoms with Crippen LogP contribution in [0, 0.1) is 0 Å². The van der Waals surface area contributed by atoms with Crippen LogP contribution in [0.2, 0.25) is 5.82 Å². The van der Waals surface area contributed by atoms with Gasteiger partial charge in [0, 0.05) is 17.8 Å². The molecule has 2 nitrogen and oxygen atoms in total. The van der Waals surface area contributed by atoms with E-state index in [1.807, 2.05) is 43.3 Å². The van der Waals surface area contributed by atoms with Crippen molar-refractivity contribution in [3.05, 3.63) is 66.3 Å². The van der Waals surface area contributed by atoms with Crippen molar-refractivity contribution in [2.75, 3.05) is 11.4 Å². The monoisotopic (exact) mass is 277 g/mol. The summed E-state index contributed by atoms with van der Waals surface area (Å²) in [6.07, 6.45) is 7.10. The van der Waals surface area contributed by atoms with Crippen molar-refractivity contribution in [2.24, 2.45) is 0 Å².